The maximum atomic E-state index is 12.8. The second kappa shape index (κ2) is 8.13. The minimum Gasteiger partial charge on any atom is -0.325 e. The Bertz CT molecular complexity index is 441. The van der Waals surface area contributed by atoms with Crippen LogP contribution in [-0.4, -0.2) is 18.5 Å². The summed E-state index contributed by atoms with van der Waals surface area (Å²) in [6.45, 7) is 2.48. The molecule has 4 heteroatoms. The average Bonchev–Trinajstić information content (AvgIpc) is 2.51. The summed E-state index contributed by atoms with van der Waals surface area (Å²) >= 11 is 0. The number of hydrogen-bond donors (Lipinski definition) is 2. The van der Waals surface area contributed by atoms with Gasteiger partial charge in [-0.25, -0.2) is 4.39 Å². The van der Waals surface area contributed by atoms with Crippen molar-refractivity contribution < 1.29 is 9.18 Å². The van der Waals surface area contributed by atoms with Crippen LogP contribution in [0.25, 0.3) is 0 Å². The summed E-state index contributed by atoms with van der Waals surface area (Å²) in [6, 6.07) is 6.27. The van der Waals surface area contributed by atoms with Crippen molar-refractivity contribution >= 4 is 11.6 Å². The summed E-state index contributed by atoms with van der Waals surface area (Å²) in [5, 5.41) is 6.17. The molecular weight excluding hydrogens is 267 g/mol. The van der Waals surface area contributed by atoms with Gasteiger partial charge in [0.25, 0.3) is 0 Å². The maximum Gasteiger partial charge on any atom is 0.238 e. The van der Waals surface area contributed by atoms with E-state index in [0.29, 0.717) is 24.2 Å². The van der Waals surface area contributed by atoms with Gasteiger partial charge in [-0.05, 0) is 49.4 Å². The molecule has 1 aliphatic rings. The fraction of sp³-hybridized carbons (Fsp3) is 0.588. The van der Waals surface area contributed by atoms with E-state index in [-0.39, 0.29) is 11.7 Å². The molecule has 116 valence electrons. The number of amides is 1. The Morgan fingerprint density at radius 3 is 2.52 bits per heavy atom. The van der Waals surface area contributed by atoms with E-state index >= 15 is 0 Å². The molecule has 2 rings (SSSR count). The Morgan fingerprint density at radius 1 is 1.24 bits per heavy atom. The van der Waals surface area contributed by atoms with E-state index in [1.165, 1.54) is 44.2 Å². The van der Waals surface area contributed by atoms with Gasteiger partial charge in [0.05, 0.1) is 6.54 Å². The van der Waals surface area contributed by atoms with Gasteiger partial charge in [0.1, 0.15) is 5.82 Å². The number of carbonyl (C=O) groups is 1. The smallest absolute Gasteiger partial charge is 0.238 e. The lowest BCUT2D eigenvalue weighted by Gasteiger charge is -2.30. The topological polar surface area (TPSA) is 41.1 Å². The summed E-state index contributed by atoms with van der Waals surface area (Å²) < 4.78 is 12.8. The highest BCUT2D eigenvalue weighted by molar-refractivity contribution is 5.92. The molecule has 3 nitrogen and oxygen atoms in total. The largest absolute Gasteiger partial charge is 0.325 e. The van der Waals surface area contributed by atoms with Crippen molar-refractivity contribution in [1.82, 2.24) is 5.32 Å². The lowest BCUT2D eigenvalue weighted by atomic mass is 9.83. The molecule has 0 bridgehead atoms. The van der Waals surface area contributed by atoms with E-state index in [2.05, 4.69) is 17.6 Å². The first-order valence-corrected chi connectivity index (χ1v) is 7.98. The zero-order valence-corrected chi connectivity index (χ0v) is 12.7. The van der Waals surface area contributed by atoms with Gasteiger partial charge in [0.2, 0.25) is 5.91 Å². The van der Waals surface area contributed by atoms with Crippen LogP contribution in [0.5, 0.6) is 0 Å². The zero-order chi connectivity index (χ0) is 15.1. The van der Waals surface area contributed by atoms with E-state index < -0.39 is 0 Å². The number of halogens is 1. The van der Waals surface area contributed by atoms with Crippen LogP contribution >= 0.6 is 0 Å². The van der Waals surface area contributed by atoms with E-state index in [4.69, 9.17) is 0 Å². The van der Waals surface area contributed by atoms with Crippen molar-refractivity contribution in [2.45, 2.75) is 51.5 Å². The standard InChI is InChI=1S/C17H25FN2O/c1-2-16(13-6-4-3-5-7-13)19-12-17(21)20-15-10-8-14(18)9-11-15/h8-11,13,16,19H,2-7,12H2,1H3,(H,20,21). The van der Waals surface area contributed by atoms with Crippen LogP contribution in [0.2, 0.25) is 0 Å². The van der Waals surface area contributed by atoms with Gasteiger partial charge in [-0.2, -0.15) is 0 Å². The van der Waals surface area contributed by atoms with Crippen molar-refractivity contribution in [3.63, 3.8) is 0 Å². The van der Waals surface area contributed by atoms with Crippen LogP contribution in [0, 0.1) is 11.7 Å². The van der Waals surface area contributed by atoms with E-state index in [0.717, 1.165) is 6.42 Å². The van der Waals surface area contributed by atoms with E-state index in [1.54, 1.807) is 12.1 Å². The van der Waals surface area contributed by atoms with Gasteiger partial charge < -0.3 is 10.6 Å². The summed E-state index contributed by atoms with van der Waals surface area (Å²) in [5.74, 6) is 0.327. The number of carbonyl (C=O) groups excluding carboxylic acids is 1. The SMILES string of the molecule is CCC(NCC(=O)Nc1ccc(F)cc1)C1CCCCC1. The Balaban J connectivity index is 1.77. The van der Waals surface area contributed by atoms with Crippen LogP contribution in [-0.2, 0) is 4.79 Å². The second-order valence-electron chi connectivity index (χ2n) is 5.85. The van der Waals surface area contributed by atoms with Gasteiger partial charge in [-0.3, -0.25) is 4.79 Å². The van der Waals surface area contributed by atoms with Gasteiger partial charge >= 0.3 is 0 Å². The van der Waals surface area contributed by atoms with Crippen molar-refractivity contribution in [3.8, 4) is 0 Å². The quantitative estimate of drug-likeness (QED) is 0.839. The molecule has 1 aromatic carbocycles. The van der Waals surface area contributed by atoms with Gasteiger partial charge in [-0.15, -0.1) is 0 Å². The summed E-state index contributed by atoms with van der Waals surface area (Å²) in [4.78, 5) is 11.9. The second-order valence-corrected chi connectivity index (χ2v) is 5.85. The highest BCUT2D eigenvalue weighted by Gasteiger charge is 2.22. The fourth-order valence-electron chi connectivity index (χ4n) is 3.14. The van der Waals surface area contributed by atoms with Crippen LogP contribution in [0.4, 0.5) is 10.1 Å². The molecule has 0 aliphatic heterocycles. The van der Waals surface area contributed by atoms with E-state index in [1.807, 2.05) is 0 Å². The average molecular weight is 292 g/mol. The molecule has 1 fully saturated rings. The molecule has 0 radical (unpaired) electrons. The predicted molar refractivity (Wildman–Crippen MR) is 83.7 cm³/mol. The lowest BCUT2D eigenvalue weighted by molar-refractivity contribution is -0.115. The normalized spacial score (nSPS) is 17.4. The van der Waals surface area contributed by atoms with Crippen molar-refractivity contribution in [1.29, 1.82) is 0 Å². The van der Waals surface area contributed by atoms with Gasteiger partial charge in [0, 0.05) is 11.7 Å². The molecule has 1 aliphatic carbocycles. The summed E-state index contributed by atoms with van der Waals surface area (Å²) in [7, 11) is 0. The molecule has 2 N–H and O–H groups in total. The molecular formula is C17H25FN2O. The Morgan fingerprint density at radius 2 is 1.90 bits per heavy atom. The van der Waals surface area contributed by atoms with Crippen LogP contribution < -0.4 is 10.6 Å². The summed E-state index contributed by atoms with van der Waals surface area (Å²) in [6.07, 6.45) is 7.55. The van der Waals surface area contributed by atoms with Gasteiger partial charge in [0.15, 0.2) is 0 Å². The Labute approximate surface area is 126 Å². The number of rotatable bonds is 6. The number of nitrogens with one attached hydrogen (secondary N) is 2. The molecule has 0 spiro atoms. The molecule has 1 aromatic rings. The number of anilines is 1. The fourth-order valence-corrected chi connectivity index (χ4v) is 3.14. The third-order valence-electron chi connectivity index (χ3n) is 4.31. The highest BCUT2D eigenvalue weighted by Crippen LogP contribution is 2.27. The molecule has 0 heterocycles. The van der Waals surface area contributed by atoms with Crippen molar-refractivity contribution in [2.75, 3.05) is 11.9 Å². The first-order valence-electron chi connectivity index (χ1n) is 7.98. The molecule has 1 amide bonds. The molecule has 1 atom stereocenters. The van der Waals surface area contributed by atoms with Gasteiger partial charge in [-0.1, -0.05) is 26.2 Å². The minimum atomic E-state index is -0.297. The highest BCUT2D eigenvalue weighted by atomic mass is 19.1. The first kappa shape index (κ1) is 16.0. The zero-order valence-electron chi connectivity index (χ0n) is 12.7. The lowest BCUT2D eigenvalue weighted by Crippen LogP contribution is -2.41. The van der Waals surface area contributed by atoms with Crippen LogP contribution in [0.1, 0.15) is 45.4 Å². The van der Waals surface area contributed by atoms with Crippen LogP contribution in [0.3, 0.4) is 0 Å². The third kappa shape index (κ3) is 5.12. The number of benzene rings is 1. The first-order chi connectivity index (χ1) is 10.2. The minimum absolute atomic E-state index is 0.0733. The van der Waals surface area contributed by atoms with E-state index in [9.17, 15) is 9.18 Å². The molecule has 0 aromatic heterocycles. The molecule has 21 heavy (non-hydrogen) atoms. The molecule has 1 unspecified atom stereocenters. The van der Waals surface area contributed by atoms with Crippen LogP contribution in [0.15, 0.2) is 24.3 Å². The van der Waals surface area contributed by atoms with Crippen molar-refractivity contribution in [2.24, 2.45) is 5.92 Å². The number of hydrogen-bond acceptors (Lipinski definition) is 2. The third-order valence-corrected chi connectivity index (χ3v) is 4.31. The molecule has 0 saturated heterocycles. The predicted octanol–water partition coefficient (Wildman–Crippen LogP) is 3.71. The Hall–Kier alpha value is -1.42. The maximum absolute atomic E-state index is 12.8. The van der Waals surface area contributed by atoms with Crippen molar-refractivity contribution in [3.05, 3.63) is 30.1 Å². The monoisotopic (exact) mass is 292 g/mol. The summed E-state index contributed by atoms with van der Waals surface area (Å²) in [5.41, 5.74) is 0.633. The molecule has 1 saturated carbocycles. The Kier molecular flexibility index (Phi) is 6.18.